The van der Waals surface area contributed by atoms with Crippen LogP contribution in [0.15, 0.2) is 78.4 Å². The number of hydrogen-bond donors (Lipinski definition) is 1. The number of ether oxygens (including phenoxy) is 2. The fourth-order valence-corrected chi connectivity index (χ4v) is 5.34. The van der Waals surface area contributed by atoms with Crippen molar-refractivity contribution < 1.29 is 24.2 Å². The van der Waals surface area contributed by atoms with Crippen molar-refractivity contribution in [3.05, 3.63) is 95.1 Å². The standard InChI is InChI=1S/C32H34N2O5/c1-4-33(5-2)16-17-34-29(22-10-9-13-26(20-22)39-25-11-7-6-8-12-25)28(31(36)32(34)37)30(35)23-14-15-27-24(19-23)18-21(3)38-27/h6-15,19-21,29,35H,4-5,16-18H2,1-3H3/b30-28+. The van der Waals surface area contributed by atoms with Crippen LogP contribution < -0.4 is 9.47 Å². The molecule has 2 aliphatic rings. The summed E-state index contributed by atoms with van der Waals surface area (Å²) < 4.78 is 11.9. The zero-order valence-corrected chi connectivity index (χ0v) is 22.6. The van der Waals surface area contributed by atoms with E-state index in [1.165, 1.54) is 0 Å². The number of carbonyl (C=O) groups is 2. The first-order valence-corrected chi connectivity index (χ1v) is 13.5. The van der Waals surface area contributed by atoms with Gasteiger partial charge in [-0.2, -0.15) is 0 Å². The second-order valence-electron chi connectivity index (χ2n) is 9.96. The first-order chi connectivity index (χ1) is 18.9. The van der Waals surface area contributed by atoms with Crippen molar-refractivity contribution in [1.29, 1.82) is 0 Å². The zero-order chi connectivity index (χ0) is 27.5. The normalized spacial score (nSPS) is 19.8. The summed E-state index contributed by atoms with van der Waals surface area (Å²) >= 11 is 0. The Balaban J connectivity index is 1.57. The van der Waals surface area contributed by atoms with Crippen LogP contribution in [0.3, 0.4) is 0 Å². The van der Waals surface area contributed by atoms with Gasteiger partial charge in [-0.05, 0) is 73.6 Å². The number of likely N-dealkylation sites (tertiary alicyclic amines) is 1. The molecule has 0 radical (unpaired) electrons. The average Bonchev–Trinajstić information content (AvgIpc) is 3.44. The smallest absolute Gasteiger partial charge is 0.295 e. The van der Waals surface area contributed by atoms with E-state index in [1.54, 1.807) is 11.0 Å². The molecule has 7 nitrogen and oxygen atoms in total. The molecule has 2 aliphatic heterocycles. The van der Waals surface area contributed by atoms with Crippen LogP contribution in [0.1, 0.15) is 43.5 Å². The van der Waals surface area contributed by atoms with Gasteiger partial charge in [0.05, 0.1) is 11.6 Å². The SMILES string of the molecule is CCN(CC)CCN1C(=O)C(=O)/C(=C(/O)c2ccc3c(c2)CC(C)O3)C1c1cccc(Oc2ccccc2)c1. The van der Waals surface area contributed by atoms with Crippen LogP contribution in [-0.2, 0) is 16.0 Å². The Hall–Kier alpha value is -4.10. The molecule has 2 unspecified atom stereocenters. The van der Waals surface area contributed by atoms with E-state index >= 15 is 0 Å². The molecule has 0 bridgehead atoms. The highest BCUT2D eigenvalue weighted by Crippen LogP contribution is 2.41. The maximum atomic E-state index is 13.5. The monoisotopic (exact) mass is 526 g/mol. The number of ketones is 1. The van der Waals surface area contributed by atoms with E-state index in [2.05, 4.69) is 18.7 Å². The summed E-state index contributed by atoms with van der Waals surface area (Å²) in [6.07, 6.45) is 0.771. The summed E-state index contributed by atoms with van der Waals surface area (Å²) in [5.41, 5.74) is 2.25. The van der Waals surface area contributed by atoms with Crippen molar-refractivity contribution in [2.24, 2.45) is 0 Å². The average molecular weight is 527 g/mol. The van der Waals surface area contributed by atoms with E-state index in [1.807, 2.05) is 73.7 Å². The molecule has 0 aliphatic carbocycles. The summed E-state index contributed by atoms with van der Waals surface area (Å²) in [4.78, 5) is 30.7. The molecule has 0 saturated carbocycles. The number of hydrogen-bond acceptors (Lipinski definition) is 6. The van der Waals surface area contributed by atoms with E-state index in [9.17, 15) is 14.7 Å². The van der Waals surface area contributed by atoms with E-state index in [4.69, 9.17) is 9.47 Å². The van der Waals surface area contributed by atoms with Crippen LogP contribution >= 0.6 is 0 Å². The fraction of sp³-hybridized carbons (Fsp3) is 0.312. The third-order valence-electron chi connectivity index (χ3n) is 7.41. The fourth-order valence-electron chi connectivity index (χ4n) is 5.34. The molecular formula is C32H34N2O5. The lowest BCUT2D eigenvalue weighted by atomic mass is 9.94. The Morgan fingerprint density at radius 3 is 2.49 bits per heavy atom. The molecule has 7 heteroatoms. The number of fused-ring (bicyclic) bond motifs is 1. The zero-order valence-electron chi connectivity index (χ0n) is 22.6. The Bertz CT molecular complexity index is 1400. The number of nitrogens with zero attached hydrogens (tertiary/aromatic N) is 2. The number of amides is 1. The van der Waals surface area contributed by atoms with Crippen molar-refractivity contribution in [3.63, 3.8) is 0 Å². The minimum Gasteiger partial charge on any atom is -0.507 e. The minimum absolute atomic E-state index is 0.0513. The van der Waals surface area contributed by atoms with Gasteiger partial charge in [0.15, 0.2) is 0 Å². The van der Waals surface area contributed by atoms with Crippen LogP contribution in [0.25, 0.3) is 5.76 Å². The lowest BCUT2D eigenvalue weighted by molar-refractivity contribution is -0.140. The lowest BCUT2D eigenvalue weighted by Crippen LogP contribution is -2.38. The number of likely N-dealkylation sites (N-methyl/N-ethyl adjacent to an activating group) is 1. The predicted molar refractivity (Wildman–Crippen MR) is 150 cm³/mol. The molecule has 1 amide bonds. The summed E-state index contributed by atoms with van der Waals surface area (Å²) in [6, 6.07) is 21.5. The van der Waals surface area contributed by atoms with E-state index in [-0.39, 0.29) is 17.4 Å². The number of benzene rings is 3. The maximum Gasteiger partial charge on any atom is 0.295 e. The van der Waals surface area contributed by atoms with Crippen molar-refractivity contribution in [3.8, 4) is 17.2 Å². The van der Waals surface area contributed by atoms with Crippen molar-refractivity contribution in [2.45, 2.75) is 39.3 Å². The van der Waals surface area contributed by atoms with Crippen LogP contribution in [0, 0.1) is 0 Å². The molecule has 39 heavy (non-hydrogen) atoms. The van der Waals surface area contributed by atoms with Gasteiger partial charge < -0.3 is 24.4 Å². The molecule has 1 saturated heterocycles. The largest absolute Gasteiger partial charge is 0.507 e. The molecule has 3 aromatic carbocycles. The third kappa shape index (κ3) is 5.40. The number of para-hydroxylation sites is 1. The molecule has 1 N–H and O–H groups in total. The van der Waals surface area contributed by atoms with Crippen LogP contribution in [-0.4, -0.2) is 58.9 Å². The highest BCUT2D eigenvalue weighted by molar-refractivity contribution is 6.46. The second-order valence-corrected chi connectivity index (χ2v) is 9.96. The molecule has 0 spiro atoms. The molecular weight excluding hydrogens is 492 g/mol. The van der Waals surface area contributed by atoms with Gasteiger partial charge in [-0.15, -0.1) is 0 Å². The molecule has 0 aromatic heterocycles. The van der Waals surface area contributed by atoms with E-state index < -0.39 is 17.7 Å². The van der Waals surface area contributed by atoms with E-state index in [0.29, 0.717) is 35.7 Å². The summed E-state index contributed by atoms with van der Waals surface area (Å²) in [5, 5.41) is 11.5. The molecule has 202 valence electrons. The first kappa shape index (κ1) is 26.5. The molecule has 2 atom stereocenters. The number of Topliss-reactive ketones (excluding diaryl/α,β-unsaturated/α-hetero) is 1. The molecule has 5 rings (SSSR count). The van der Waals surface area contributed by atoms with Crippen LogP contribution in [0.5, 0.6) is 17.2 Å². The Morgan fingerprint density at radius 2 is 1.74 bits per heavy atom. The maximum absolute atomic E-state index is 13.5. The third-order valence-corrected chi connectivity index (χ3v) is 7.41. The Kier molecular flexibility index (Phi) is 7.70. The van der Waals surface area contributed by atoms with Crippen LogP contribution in [0.4, 0.5) is 0 Å². The number of carbonyl (C=O) groups excluding carboxylic acids is 2. The lowest BCUT2D eigenvalue weighted by Gasteiger charge is -2.28. The van der Waals surface area contributed by atoms with Crippen molar-refractivity contribution in [2.75, 3.05) is 26.2 Å². The Morgan fingerprint density at radius 1 is 1.00 bits per heavy atom. The second kappa shape index (κ2) is 11.3. The Labute approximate surface area is 229 Å². The van der Waals surface area contributed by atoms with E-state index in [0.717, 1.165) is 30.8 Å². The molecule has 3 aromatic rings. The van der Waals surface area contributed by atoms with Crippen molar-refractivity contribution in [1.82, 2.24) is 9.80 Å². The summed E-state index contributed by atoms with van der Waals surface area (Å²) in [7, 11) is 0. The van der Waals surface area contributed by atoms with Gasteiger partial charge in [0.2, 0.25) is 0 Å². The van der Waals surface area contributed by atoms with Crippen molar-refractivity contribution >= 4 is 17.4 Å². The highest BCUT2D eigenvalue weighted by atomic mass is 16.5. The van der Waals surface area contributed by atoms with Gasteiger partial charge in [-0.1, -0.05) is 44.2 Å². The topological polar surface area (TPSA) is 79.3 Å². The quantitative estimate of drug-likeness (QED) is 0.223. The van der Waals surface area contributed by atoms with Gasteiger partial charge >= 0.3 is 0 Å². The summed E-state index contributed by atoms with van der Waals surface area (Å²) in [5.74, 6) is 0.565. The van der Waals surface area contributed by atoms with Gasteiger partial charge in [0, 0.05) is 25.1 Å². The van der Waals surface area contributed by atoms with Gasteiger partial charge in [-0.3, -0.25) is 9.59 Å². The minimum atomic E-state index is -0.747. The first-order valence-electron chi connectivity index (χ1n) is 13.5. The number of aliphatic hydroxyl groups excluding tert-OH is 1. The number of aliphatic hydroxyl groups is 1. The van der Waals surface area contributed by atoms with Crippen LogP contribution in [0.2, 0.25) is 0 Å². The van der Waals surface area contributed by atoms with Gasteiger partial charge in [-0.25, -0.2) is 0 Å². The summed E-state index contributed by atoms with van der Waals surface area (Å²) in [6.45, 7) is 8.77. The molecule has 2 heterocycles. The highest BCUT2D eigenvalue weighted by Gasteiger charge is 2.46. The molecule has 1 fully saturated rings. The van der Waals surface area contributed by atoms with Gasteiger partial charge in [0.25, 0.3) is 11.7 Å². The predicted octanol–water partition coefficient (Wildman–Crippen LogP) is 5.57. The van der Waals surface area contributed by atoms with Gasteiger partial charge in [0.1, 0.15) is 29.1 Å². The number of rotatable bonds is 9.